The molecule has 1 saturated carbocycles. The fourth-order valence-corrected chi connectivity index (χ4v) is 3.38. The minimum Gasteiger partial charge on any atom is -0.459 e. The smallest absolute Gasteiger partial charge is 0.317 e. The molecule has 0 amide bonds. The van der Waals surface area contributed by atoms with Gasteiger partial charge in [0.05, 0.1) is 0 Å². The molecule has 0 spiro atoms. The molecular weight excluding hydrogens is 268 g/mol. The van der Waals surface area contributed by atoms with Crippen LogP contribution in [-0.4, -0.2) is 30.1 Å². The molecule has 4 nitrogen and oxygen atoms in total. The summed E-state index contributed by atoms with van der Waals surface area (Å²) in [5, 5.41) is 0. The first-order chi connectivity index (χ1) is 9.88. The van der Waals surface area contributed by atoms with E-state index in [4.69, 9.17) is 9.47 Å². The Morgan fingerprint density at radius 1 is 1.05 bits per heavy atom. The zero-order chi connectivity index (χ0) is 15.5. The molecular formula is C17H28O4. The van der Waals surface area contributed by atoms with Crippen LogP contribution in [0.15, 0.2) is 0 Å². The van der Waals surface area contributed by atoms with Gasteiger partial charge >= 0.3 is 5.97 Å². The molecule has 1 aliphatic carbocycles. The molecule has 0 aromatic rings. The number of carbonyl (C=O) groups is 2. The minimum absolute atomic E-state index is 0.0475. The highest BCUT2D eigenvalue weighted by molar-refractivity contribution is 6.01. The van der Waals surface area contributed by atoms with Crippen molar-refractivity contribution in [1.29, 1.82) is 0 Å². The molecule has 2 rings (SSSR count). The Bertz CT molecular complexity index is 371. The first-order valence-corrected chi connectivity index (χ1v) is 8.26. The number of rotatable bonds is 4. The highest BCUT2D eigenvalue weighted by Gasteiger charge is 2.42. The van der Waals surface area contributed by atoms with Gasteiger partial charge in [0, 0.05) is 6.61 Å². The van der Waals surface area contributed by atoms with Gasteiger partial charge in [0.1, 0.15) is 17.6 Å². The molecule has 1 saturated heterocycles. The van der Waals surface area contributed by atoms with Crippen molar-refractivity contribution in [2.24, 2.45) is 11.8 Å². The van der Waals surface area contributed by atoms with E-state index in [1.807, 2.05) is 20.8 Å². The molecule has 0 bridgehead atoms. The Kier molecular flexibility index (Phi) is 5.42. The van der Waals surface area contributed by atoms with Crippen molar-refractivity contribution in [3.8, 4) is 0 Å². The zero-order valence-electron chi connectivity index (χ0n) is 13.5. The fourth-order valence-electron chi connectivity index (χ4n) is 3.38. The normalized spacial score (nSPS) is 25.6. The van der Waals surface area contributed by atoms with E-state index >= 15 is 0 Å². The van der Waals surface area contributed by atoms with E-state index in [-0.39, 0.29) is 17.7 Å². The van der Waals surface area contributed by atoms with Gasteiger partial charge in [-0.25, -0.2) is 0 Å². The van der Waals surface area contributed by atoms with Crippen LogP contribution in [0.5, 0.6) is 0 Å². The van der Waals surface area contributed by atoms with E-state index in [1.54, 1.807) is 0 Å². The lowest BCUT2D eigenvalue weighted by Gasteiger charge is -2.31. The van der Waals surface area contributed by atoms with Gasteiger partial charge in [0.25, 0.3) is 0 Å². The van der Waals surface area contributed by atoms with E-state index in [2.05, 4.69) is 0 Å². The first kappa shape index (κ1) is 16.5. The van der Waals surface area contributed by atoms with Gasteiger partial charge in [-0.2, -0.15) is 0 Å². The van der Waals surface area contributed by atoms with Crippen LogP contribution in [-0.2, 0) is 19.1 Å². The summed E-state index contributed by atoms with van der Waals surface area (Å²) >= 11 is 0. The van der Waals surface area contributed by atoms with Gasteiger partial charge in [0.15, 0.2) is 5.78 Å². The van der Waals surface area contributed by atoms with Crippen LogP contribution in [0.1, 0.15) is 65.7 Å². The predicted molar refractivity (Wildman–Crippen MR) is 79.9 cm³/mol. The Morgan fingerprint density at radius 2 is 1.71 bits per heavy atom. The van der Waals surface area contributed by atoms with Crippen LogP contribution in [0.25, 0.3) is 0 Å². The van der Waals surface area contributed by atoms with Crippen molar-refractivity contribution in [2.45, 2.75) is 77.4 Å². The maximum absolute atomic E-state index is 12.7. The molecule has 1 aliphatic heterocycles. The third kappa shape index (κ3) is 4.53. The maximum Gasteiger partial charge on any atom is 0.317 e. The summed E-state index contributed by atoms with van der Waals surface area (Å²) in [7, 11) is 0. The van der Waals surface area contributed by atoms with Gasteiger partial charge in [-0.05, 0) is 52.4 Å². The van der Waals surface area contributed by atoms with Crippen molar-refractivity contribution in [2.75, 3.05) is 6.61 Å². The van der Waals surface area contributed by atoms with Crippen molar-refractivity contribution in [3.63, 3.8) is 0 Å². The van der Waals surface area contributed by atoms with Gasteiger partial charge in [-0.15, -0.1) is 0 Å². The Balaban J connectivity index is 2.12. The lowest BCUT2D eigenvalue weighted by atomic mass is 9.76. The molecule has 2 aliphatic rings. The molecule has 120 valence electrons. The summed E-state index contributed by atoms with van der Waals surface area (Å²) in [4.78, 5) is 25.3. The van der Waals surface area contributed by atoms with Crippen LogP contribution in [0, 0.1) is 11.8 Å². The Hall–Kier alpha value is -0.900. The zero-order valence-corrected chi connectivity index (χ0v) is 13.5. The highest BCUT2D eigenvalue weighted by atomic mass is 16.6. The van der Waals surface area contributed by atoms with Crippen molar-refractivity contribution < 1.29 is 19.1 Å². The number of Topliss-reactive ketones (excluding diaryl/α,β-unsaturated/α-hetero) is 1. The largest absolute Gasteiger partial charge is 0.459 e. The van der Waals surface area contributed by atoms with Gasteiger partial charge in [-0.1, -0.05) is 19.3 Å². The van der Waals surface area contributed by atoms with Crippen LogP contribution >= 0.6 is 0 Å². The summed E-state index contributed by atoms with van der Waals surface area (Å²) in [5.74, 6) is -0.901. The van der Waals surface area contributed by atoms with Gasteiger partial charge in [0.2, 0.25) is 0 Å². The number of ketones is 1. The van der Waals surface area contributed by atoms with Crippen molar-refractivity contribution in [3.05, 3.63) is 0 Å². The van der Waals surface area contributed by atoms with Crippen LogP contribution in [0.2, 0.25) is 0 Å². The summed E-state index contributed by atoms with van der Waals surface area (Å²) in [6.07, 6.45) is 6.54. The van der Waals surface area contributed by atoms with E-state index in [1.165, 1.54) is 6.42 Å². The van der Waals surface area contributed by atoms with Crippen LogP contribution in [0.4, 0.5) is 0 Å². The van der Waals surface area contributed by atoms with E-state index in [0.717, 1.165) is 38.5 Å². The number of carbonyl (C=O) groups excluding carboxylic acids is 2. The summed E-state index contributed by atoms with van der Waals surface area (Å²) < 4.78 is 11.0. The minimum atomic E-state index is -0.632. The second-order valence-corrected chi connectivity index (χ2v) is 7.31. The van der Waals surface area contributed by atoms with Gasteiger partial charge < -0.3 is 9.47 Å². The summed E-state index contributed by atoms with van der Waals surface area (Å²) in [6, 6.07) is 0. The first-order valence-electron chi connectivity index (χ1n) is 8.26. The number of ether oxygens (including phenoxy) is 2. The molecule has 0 radical (unpaired) electrons. The highest BCUT2D eigenvalue weighted by Crippen LogP contribution is 2.34. The molecule has 0 N–H and O–H groups in total. The molecule has 2 fully saturated rings. The lowest BCUT2D eigenvalue weighted by molar-refractivity contribution is -0.166. The predicted octanol–water partition coefficient (Wildman–Crippen LogP) is 3.27. The van der Waals surface area contributed by atoms with Crippen LogP contribution in [0.3, 0.4) is 0 Å². The standard InChI is InChI=1S/C17H28O4/c1-17(2,3)21-16(19)14(12-8-5-4-6-9-12)15(18)13-10-7-11-20-13/h12-14H,4-11H2,1-3H3/t13-,14?/m0/s1. The average Bonchev–Trinajstić information content (AvgIpc) is 2.91. The molecule has 2 atom stereocenters. The molecule has 1 heterocycles. The van der Waals surface area contributed by atoms with Crippen LogP contribution < -0.4 is 0 Å². The van der Waals surface area contributed by atoms with E-state index in [0.29, 0.717) is 6.61 Å². The lowest BCUT2D eigenvalue weighted by Crippen LogP contribution is -2.42. The summed E-state index contributed by atoms with van der Waals surface area (Å²) in [6.45, 7) is 6.17. The third-order valence-electron chi connectivity index (χ3n) is 4.34. The third-order valence-corrected chi connectivity index (χ3v) is 4.34. The fraction of sp³-hybridized carbons (Fsp3) is 0.882. The summed E-state index contributed by atoms with van der Waals surface area (Å²) in [5.41, 5.74) is -0.555. The number of esters is 1. The molecule has 1 unspecified atom stereocenters. The van der Waals surface area contributed by atoms with Crippen molar-refractivity contribution >= 4 is 11.8 Å². The van der Waals surface area contributed by atoms with Gasteiger partial charge in [-0.3, -0.25) is 9.59 Å². The van der Waals surface area contributed by atoms with E-state index in [9.17, 15) is 9.59 Å². The Labute approximate surface area is 127 Å². The second kappa shape index (κ2) is 6.91. The van der Waals surface area contributed by atoms with Crippen molar-refractivity contribution in [1.82, 2.24) is 0 Å². The molecule has 21 heavy (non-hydrogen) atoms. The molecule has 0 aromatic carbocycles. The SMILES string of the molecule is CC(C)(C)OC(=O)C(C(=O)[C@@H]1CCCO1)C1CCCCC1. The molecule has 4 heteroatoms. The maximum atomic E-state index is 12.7. The van der Waals surface area contributed by atoms with E-state index < -0.39 is 17.6 Å². The average molecular weight is 296 g/mol. The topological polar surface area (TPSA) is 52.6 Å². The quantitative estimate of drug-likeness (QED) is 0.590. The Morgan fingerprint density at radius 3 is 2.24 bits per heavy atom. The number of hydrogen-bond acceptors (Lipinski definition) is 4. The number of hydrogen-bond donors (Lipinski definition) is 0. The second-order valence-electron chi connectivity index (χ2n) is 7.31. The molecule has 0 aromatic heterocycles. The monoisotopic (exact) mass is 296 g/mol.